The zero-order valence-electron chi connectivity index (χ0n) is 14.4. The molecule has 1 amide bonds. The van der Waals surface area contributed by atoms with E-state index in [9.17, 15) is 4.79 Å². The molecule has 0 aliphatic carbocycles. The Morgan fingerprint density at radius 1 is 1.31 bits per heavy atom. The first-order valence-electron chi connectivity index (χ1n) is 8.48. The van der Waals surface area contributed by atoms with E-state index in [0.29, 0.717) is 0 Å². The van der Waals surface area contributed by atoms with Crippen LogP contribution in [0.5, 0.6) is 0 Å². The molecule has 0 unspecified atom stereocenters. The van der Waals surface area contributed by atoms with Gasteiger partial charge in [0.1, 0.15) is 0 Å². The Hall–Kier alpha value is -3.41. The van der Waals surface area contributed by atoms with Gasteiger partial charge in [-0.05, 0) is 47.9 Å². The van der Waals surface area contributed by atoms with E-state index in [1.54, 1.807) is 29.3 Å². The van der Waals surface area contributed by atoms with E-state index in [1.165, 1.54) is 11.6 Å². The summed E-state index contributed by atoms with van der Waals surface area (Å²) < 4.78 is 1.75. The highest BCUT2D eigenvalue weighted by molar-refractivity contribution is 6.02. The number of hydrogen-bond donors (Lipinski definition) is 2. The number of pyridine rings is 1. The molecule has 0 saturated heterocycles. The number of rotatable bonds is 4. The lowest BCUT2D eigenvalue weighted by molar-refractivity contribution is -0.111. The monoisotopic (exact) mass is 345 g/mol. The van der Waals surface area contributed by atoms with Gasteiger partial charge in [-0.2, -0.15) is 5.10 Å². The van der Waals surface area contributed by atoms with Gasteiger partial charge in [0.05, 0.1) is 6.20 Å². The molecule has 1 aliphatic heterocycles. The van der Waals surface area contributed by atoms with Gasteiger partial charge < -0.3 is 10.6 Å². The normalized spacial score (nSPS) is 12.8. The van der Waals surface area contributed by atoms with Crippen molar-refractivity contribution in [2.75, 3.05) is 17.2 Å². The predicted octanol–water partition coefficient (Wildman–Crippen LogP) is 3.10. The fourth-order valence-electron chi connectivity index (χ4n) is 3.09. The zero-order chi connectivity index (χ0) is 17.9. The van der Waals surface area contributed by atoms with Crippen molar-refractivity contribution < 1.29 is 4.79 Å². The SMILES string of the molecule is Cn1cc(-c2ccncc2C=CC(=O)Nc2ccc3c(c2)CCN3)cn1. The van der Waals surface area contributed by atoms with Crippen LogP contribution in [-0.2, 0) is 18.3 Å². The summed E-state index contributed by atoms with van der Waals surface area (Å²) in [6.45, 7) is 0.949. The van der Waals surface area contributed by atoms with E-state index >= 15 is 0 Å². The van der Waals surface area contributed by atoms with Crippen LogP contribution in [0.15, 0.2) is 55.1 Å². The summed E-state index contributed by atoms with van der Waals surface area (Å²) in [6.07, 6.45) is 11.5. The van der Waals surface area contributed by atoms with Gasteiger partial charge in [0, 0.05) is 60.8 Å². The number of anilines is 2. The molecule has 0 radical (unpaired) electrons. The second kappa shape index (κ2) is 6.84. The molecule has 1 aromatic carbocycles. The minimum absolute atomic E-state index is 0.170. The number of carbonyl (C=O) groups is 1. The van der Waals surface area contributed by atoms with Crippen LogP contribution in [0.25, 0.3) is 17.2 Å². The fourth-order valence-corrected chi connectivity index (χ4v) is 3.09. The van der Waals surface area contributed by atoms with Crippen LogP contribution in [-0.4, -0.2) is 27.2 Å². The topological polar surface area (TPSA) is 71.8 Å². The Balaban J connectivity index is 1.50. The number of nitrogens with one attached hydrogen (secondary N) is 2. The summed E-state index contributed by atoms with van der Waals surface area (Å²) in [5, 5.41) is 10.4. The molecule has 0 atom stereocenters. The summed E-state index contributed by atoms with van der Waals surface area (Å²) in [4.78, 5) is 16.4. The Morgan fingerprint density at radius 3 is 3.08 bits per heavy atom. The van der Waals surface area contributed by atoms with Crippen LogP contribution in [0, 0.1) is 0 Å². The first-order valence-corrected chi connectivity index (χ1v) is 8.48. The van der Waals surface area contributed by atoms with Gasteiger partial charge in [-0.25, -0.2) is 0 Å². The number of amides is 1. The summed E-state index contributed by atoms with van der Waals surface area (Å²) in [5.41, 5.74) is 6.03. The van der Waals surface area contributed by atoms with Gasteiger partial charge in [0.25, 0.3) is 0 Å². The molecule has 4 rings (SSSR count). The van der Waals surface area contributed by atoms with Gasteiger partial charge in [-0.1, -0.05) is 0 Å². The maximum absolute atomic E-state index is 12.3. The van der Waals surface area contributed by atoms with Crippen molar-refractivity contribution in [3.8, 4) is 11.1 Å². The van der Waals surface area contributed by atoms with Crippen molar-refractivity contribution in [1.29, 1.82) is 0 Å². The Labute approximate surface area is 151 Å². The van der Waals surface area contributed by atoms with E-state index in [1.807, 2.05) is 37.5 Å². The summed E-state index contributed by atoms with van der Waals surface area (Å²) >= 11 is 0. The number of fused-ring (bicyclic) bond motifs is 1. The summed E-state index contributed by atoms with van der Waals surface area (Å²) in [6, 6.07) is 7.85. The molecule has 130 valence electrons. The average molecular weight is 345 g/mol. The van der Waals surface area contributed by atoms with Crippen molar-refractivity contribution in [1.82, 2.24) is 14.8 Å². The third-order valence-electron chi connectivity index (χ3n) is 4.36. The second-order valence-electron chi connectivity index (χ2n) is 6.24. The molecule has 0 fully saturated rings. The Bertz CT molecular complexity index is 989. The largest absolute Gasteiger partial charge is 0.384 e. The second-order valence-corrected chi connectivity index (χ2v) is 6.24. The lowest BCUT2D eigenvalue weighted by Gasteiger charge is -2.06. The molecular formula is C20H19N5O. The minimum atomic E-state index is -0.170. The van der Waals surface area contributed by atoms with Crippen molar-refractivity contribution >= 4 is 23.4 Å². The molecule has 6 heteroatoms. The van der Waals surface area contributed by atoms with Crippen LogP contribution in [0.3, 0.4) is 0 Å². The van der Waals surface area contributed by atoms with Crippen LogP contribution in [0.4, 0.5) is 11.4 Å². The third-order valence-corrected chi connectivity index (χ3v) is 4.36. The molecule has 0 bridgehead atoms. The van der Waals surface area contributed by atoms with E-state index in [-0.39, 0.29) is 5.91 Å². The number of aromatic nitrogens is 3. The Morgan fingerprint density at radius 2 is 2.23 bits per heavy atom. The maximum atomic E-state index is 12.3. The number of carbonyl (C=O) groups excluding carboxylic acids is 1. The average Bonchev–Trinajstić information content (AvgIpc) is 3.28. The van der Waals surface area contributed by atoms with Crippen molar-refractivity contribution in [3.63, 3.8) is 0 Å². The zero-order valence-corrected chi connectivity index (χ0v) is 14.4. The highest BCUT2D eigenvalue weighted by atomic mass is 16.1. The molecular weight excluding hydrogens is 326 g/mol. The number of nitrogens with zero attached hydrogens (tertiary/aromatic N) is 3. The molecule has 0 saturated carbocycles. The van der Waals surface area contributed by atoms with Gasteiger partial charge in [-0.3, -0.25) is 14.5 Å². The summed E-state index contributed by atoms with van der Waals surface area (Å²) in [5.74, 6) is -0.170. The molecule has 2 N–H and O–H groups in total. The van der Waals surface area contributed by atoms with E-state index < -0.39 is 0 Å². The fraction of sp³-hybridized carbons (Fsp3) is 0.150. The quantitative estimate of drug-likeness (QED) is 0.713. The first kappa shape index (κ1) is 16.1. The standard InChI is InChI=1S/C20H19N5O/c1-25-13-16(12-23-25)18-7-8-21-11-15(18)2-5-20(26)24-17-3-4-19-14(10-17)6-9-22-19/h2-5,7-8,10-13,22H,6,9H2,1H3,(H,24,26). The van der Waals surface area contributed by atoms with Gasteiger partial charge >= 0.3 is 0 Å². The van der Waals surface area contributed by atoms with Crippen molar-refractivity contribution in [2.45, 2.75) is 6.42 Å². The van der Waals surface area contributed by atoms with Crippen LogP contribution in [0.2, 0.25) is 0 Å². The minimum Gasteiger partial charge on any atom is -0.384 e. The van der Waals surface area contributed by atoms with Crippen molar-refractivity contribution in [3.05, 3.63) is 66.3 Å². The highest BCUT2D eigenvalue weighted by Crippen LogP contribution is 2.26. The lowest BCUT2D eigenvalue weighted by atomic mass is 10.0. The van der Waals surface area contributed by atoms with Crippen molar-refractivity contribution in [2.24, 2.45) is 7.05 Å². The molecule has 1 aliphatic rings. The molecule has 26 heavy (non-hydrogen) atoms. The Kier molecular flexibility index (Phi) is 4.23. The number of benzene rings is 1. The van der Waals surface area contributed by atoms with E-state index in [4.69, 9.17) is 0 Å². The number of hydrogen-bond acceptors (Lipinski definition) is 4. The van der Waals surface area contributed by atoms with Crippen LogP contribution < -0.4 is 10.6 Å². The van der Waals surface area contributed by atoms with Gasteiger partial charge in [0.15, 0.2) is 0 Å². The maximum Gasteiger partial charge on any atom is 0.248 e. The predicted molar refractivity (Wildman–Crippen MR) is 103 cm³/mol. The smallest absolute Gasteiger partial charge is 0.248 e. The van der Waals surface area contributed by atoms with Gasteiger partial charge in [0.2, 0.25) is 5.91 Å². The molecule has 0 spiro atoms. The summed E-state index contributed by atoms with van der Waals surface area (Å²) in [7, 11) is 1.87. The lowest BCUT2D eigenvalue weighted by Crippen LogP contribution is -2.07. The molecule has 6 nitrogen and oxygen atoms in total. The highest BCUT2D eigenvalue weighted by Gasteiger charge is 2.10. The molecule has 3 heterocycles. The van der Waals surface area contributed by atoms with Crippen LogP contribution >= 0.6 is 0 Å². The molecule has 2 aromatic heterocycles. The first-order chi connectivity index (χ1) is 12.7. The van der Waals surface area contributed by atoms with E-state index in [2.05, 4.69) is 20.7 Å². The van der Waals surface area contributed by atoms with Crippen LogP contribution in [0.1, 0.15) is 11.1 Å². The third kappa shape index (κ3) is 3.35. The molecule has 3 aromatic rings. The van der Waals surface area contributed by atoms with Gasteiger partial charge in [-0.15, -0.1) is 0 Å². The van der Waals surface area contributed by atoms with E-state index in [0.717, 1.165) is 41.0 Å². The number of aryl methyl sites for hydroxylation is 1.